The number of carbonyl (C=O) groups excluding carboxylic acids is 1. The van der Waals surface area contributed by atoms with Crippen molar-refractivity contribution < 1.29 is 39.8 Å². The fraction of sp³-hybridized carbons (Fsp3) is 0.930. The number of allylic oxidation sites excluding steroid dienone is 3. The van der Waals surface area contributed by atoms with Crippen molar-refractivity contribution >= 4 is 5.91 Å². The van der Waals surface area contributed by atoms with Crippen molar-refractivity contribution in [1.82, 2.24) is 5.32 Å². The highest BCUT2D eigenvalue weighted by Gasteiger charge is 2.44. The highest BCUT2D eigenvalue weighted by atomic mass is 16.7. The van der Waals surface area contributed by atoms with E-state index >= 15 is 0 Å². The van der Waals surface area contributed by atoms with Crippen molar-refractivity contribution in [3.8, 4) is 0 Å². The van der Waals surface area contributed by atoms with Gasteiger partial charge in [-0.15, -0.1) is 0 Å². The fourth-order valence-corrected chi connectivity index (χ4v) is 11.7. The van der Waals surface area contributed by atoms with Crippen LogP contribution >= 0.6 is 0 Å². The molecule has 0 aromatic rings. The van der Waals surface area contributed by atoms with Gasteiger partial charge in [0.25, 0.3) is 0 Å². The van der Waals surface area contributed by atoms with E-state index < -0.39 is 49.5 Å². The lowest BCUT2D eigenvalue weighted by molar-refractivity contribution is -0.302. The summed E-state index contributed by atoms with van der Waals surface area (Å²) < 4.78 is 11.3. The van der Waals surface area contributed by atoms with Gasteiger partial charge in [-0.25, -0.2) is 0 Å². The number of hydrogen-bond donors (Lipinski definition) is 6. The van der Waals surface area contributed by atoms with Gasteiger partial charge >= 0.3 is 0 Å². The van der Waals surface area contributed by atoms with Crippen LogP contribution in [0.1, 0.15) is 367 Å². The molecule has 0 bridgehead atoms. The topological polar surface area (TPSA) is 149 Å². The van der Waals surface area contributed by atoms with Gasteiger partial charge in [0.05, 0.1) is 25.4 Å². The lowest BCUT2D eigenvalue weighted by Crippen LogP contribution is -2.60. The van der Waals surface area contributed by atoms with Crippen LogP contribution in [-0.2, 0) is 14.3 Å². The van der Waals surface area contributed by atoms with Crippen molar-refractivity contribution in [1.29, 1.82) is 0 Å². The maximum atomic E-state index is 13.1. The molecule has 80 heavy (non-hydrogen) atoms. The van der Waals surface area contributed by atoms with Crippen molar-refractivity contribution in [2.24, 2.45) is 0 Å². The van der Waals surface area contributed by atoms with Gasteiger partial charge in [-0.2, -0.15) is 0 Å². The van der Waals surface area contributed by atoms with E-state index in [4.69, 9.17) is 9.47 Å². The monoisotopic (exact) mass is 1130 g/mol. The SMILES string of the molecule is CCCCCCCCCC/C=C\CCCCCCCCCCCCCCCCCCCC(=O)NC(COC1OC(CO)C(O)C(O)C1O)C(O)/C=C/CCCCCCCCCCCCCCCCCCCCCCCCCCCC. The maximum absolute atomic E-state index is 13.1. The van der Waals surface area contributed by atoms with Crippen LogP contribution in [0.15, 0.2) is 24.3 Å². The van der Waals surface area contributed by atoms with E-state index in [1.54, 1.807) is 6.08 Å². The summed E-state index contributed by atoms with van der Waals surface area (Å²) in [6.45, 7) is 3.84. The first-order chi connectivity index (χ1) is 39.3. The average molecular weight is 1130 g/mol. The summed E-state index contributed by atoms with van der Waals surface area (Å²) in [5.41, 5.74) is 0. The standard InChI is InChI=1S/C71H137NO8/c1-3-5-7-9-11-13-15-17-19-21-23-25-27-29-31-33-35-37-39-41-43-45-47-49-51-53-55-57-59-61-67(75)72-64(63-79-71-70(78)69(77)68(76)66(62-73)80-71)65(74)60-58-56-54-52-50-48-46-44-42-40-38-36-34-32-30-28-26-24-22-20-18-16-14-12-10-8-6-4-2/h21,23,58,60,64-66,68-71,73-74,76-78H,3-20,22,24-57,59,61-63H2,1-2H3,(H,72,75)/b23-21-,60-58+. The summed E-state index contributed by atoms with van der Waals surface area (Å²) in [5, 5.41) is 54.8. The van der Waals surface area contributed by atoms with Gasteiger partial charge in [0.15, 0.2) is 6.29 Å². The van der Waals surface area contributed by atoms with Gasteiger partial charge < -0.3 is 40.3 Å². The van der Waals surface area contributed by atoms with Crippen molar-refractivity contribution in [2.75, 3.05) is 13.2 Å². The largest absolute Gasteiger partial charge is 0.394 e. The van der Waals surface area contributed by atoms with E-state index in [0.717, 1.165) is 38.5 Å². The Morgan fingerprint density at radius 2 is 0.700 bits per heavy atom. The van der Waals surface area contributed by atoms with Gasteiger partial charge in [-0.05, 0) is 44.9 Å². The van der Waals surface area contributed by atoms with Gasteiger partial charge in [-0.1, -0.05) is 340 Å². The fourth-order valence-electron chi connectivity index (χ4n) is 11.7. The smallest absolute Gasteiger partial charge is 0.220 e. The van der Waals surface area contributed by atoms with Crippen molar-refractivity contribution in [3.63, 3.8) is 0 Å². The molecule has 0 radical (unpaired) electrons. The van der Waals surface area contributed by atoms with Crippen LogP contribution in [0.25, 0.3) is 0 Å². The number of unbranched alkanes of at least 4 members (excludes halogenated alkanes) is 51. The molecule has 474 valence electrons. The number of ether oxygens (including phenoxy) is 2. The van der Waals surface area contributed by atoms with Gasteiger partial charge in [0.1, 0.15) is 24.4 Å². The maximum Gasteiger partial charge on any atom is 0.220 e. The summed E-state index contributed by atoms with van der Waals surface area (Å²) in [6, 6.07) is -0.804. The van der Waals surface area contributed by atoms with E-state index in [9.17, 15) is 30.3 Å². The number of aliphatic hydroxyl groups excluding tert-OH is 5. The Hall–Kier alpha value is -1.33. The molecule has 1 rings (SSSR count). The molecule has 1 heterocycles. The minimum Gasteiger partial charge on any atom is -0.394 e. The van der Waals surface area contributed by atoms with E-state index in [0.29, 0.717) is 6.42 Å². The number of carbonyl (C=O) groups is 1. The number of hydrogen-bond acceptors (Lipinski definition) is 8. The number of aliphatic hydroxyl groups is 5. The zero-order chi connectivity index (χ0) is 57.9. The summed E-state index contributed by atoms with van der Waals surface area (Å²) in [7, 11) is 0. The molecule has 9 nitrogen and oxygen atoms in total. The molecular weight excluding hydrogens is 995 g/mol. The first kappa shape index (κ1) is 76.7. The third kappa shape index (κ3) is 49.0. The Bertz CT molecular complexity index is 1310. The minimum absolute atomic E-state index is 0.169. The first-order valence-corrected chi connectivity index (χ1v) is 35.6. The minimum atomic E-state index is -1.57. The summed E-state index contributed by atoms with van der Waals surface area (Å²) in [4.78, 5) is 13.1. The molecule has 1 aliphatic heterocycles. The predicted octanol–water partition coefficient (Wildman–Crippen LogP) is 19.3. The molecule has 0 spiro atoms. The summed E-state index contributed by atoms with van der Waals surface area (Å²) >= 11 is 0. The predicted molar refractivity (Wildman–Crippen MR) is 341 cm³/mol. The van der Waals surface area contributed by atoms with Crippen LogP contribution in [0, 0.1) is 0 Å². The Kier molecular flexibility index (Phi) is 58.3. The summed E-state index contributed by atoms with van der Waals surface area (Å²) in [5.74, 6) is -0.169. The van der Waals surface area contributed by atoms with Gasteiger partial charge in [-0.3, -0.25) is 4.79 Å². The molecule has 0 aromatic carbocycles. The van der Waals surface area contributed by atoms with E-state index in [2.05, 4.69) is 31.3 Å². The third-order valence-electron chi connectivity index (χ3n) is 17.3. The molecule has 6 N–H and O–H groups in total. The van der Waals surface area contributed by atoms with Crippen molar-refractivity contribution in [3.05, 3.63) is 24.3 Å². The zero-order valence-electron chi connectivity index (χ0n) is 53.1. The quantitative estimate of drug-likeness (QED) is 0.0261. The molecule has 0 saturated carbocycles. The Balaban J connectivity index is 2.12. The second-order valence-corrected chi connectivity index (χ2v) is 25.0. The van der Waals surface area contributed by atoms with Crippen LogP contribution in [0.4, 0.5) is 0 Å². The Morgan fingerprint density at radius 3 is 1.01 bits per heavy atom. The van der Waals surface area contributed by atoms with Crippen LogP contribution in [0.2, 0.25) is 0 Å². The molecule has 7 atom stereocenters. The molecule has 1 fully saturated rings. The molecule has 0 aliphatic carbocycles. The highest BCUT2D eigenvalue weighted by Crippen LogP contribution is 2.24. The third-order valence-corrected chi connectivity index (χ3v) is 17.3. The molecule has 9 heteroatoms. The van der Waals surface area contributed by atoms with Gasteiger partial charge in [0, 0.05) is 6.42 Å². The average Bonchev–Trinajstić information content (AvgIpc) is 3.46. The van der Waals surface area contributed by atoms with Gasteiger partial charge in [0.2, 0.25) is 5.91 Å². The molecule has 0 aromatic heterocycles. The number of nitrogens with one attached hydrogen (secondary N) is 1. The molecule has 1 aliphatic rings. The molecule has 1 saturated heterocycles. The molecular formula is C71H137NO8. The van der Waals surface area contributed by atoms with Crippen molar-refractivity contribution in [2.45, 2.75) is 410 Å². The summed E-state index contributed by atoms with van der Waals surface area (Å²) in [6.07, 6.45) is 72.9. The lowest BCUT2D eigenvalue weighted by Gasteiger charge is -2.40. The zero-order valence-corrected chi connectivity index (χ0v) is 53.1. The number of rotatable bonds is 63. The molecule has 1 amide bonds. The van der Waals surface area contributed by atoms with Crippen LogP contribution in [0.5, 0.6) is 0 Å². The first-order valence-electron chi connectivity index (χ1n) is 35.6. The second kappa shape index (κ2) is 60.8. The molecule has 7 unspecified atom stereocenters. The van der Waals surface area contributed by atoms with Crippen LogP contribution < -0.4 is 5.32 Å². The Labute approximate surface area is 496 Å². The van der Waals surface area contributed by atoms with E-state index in [-0.39, 0.29) is 12.5 Å². The van der Waals surface area contributed by atoms with Crippen LogP contribution in [-0.4, -0.2) is 87.5 Å². The normalized spacial score (nSPS) is 18.5. The lowest BCUT2D eigenvalue weighted by atomic mass is 9.99. The van der Waals surface area contributed by atoms with E-state index in [1.807, 2.05) is 6.08 Å². The number of amides is 1. The van der Waals surface area contributed by atoms with Crippen LogP contribution in [0.3, 0.4) is 0 Å². The van der Waals surface area contributed by atoms with E-state index in [1.165, 1.54) is 308 Å². The second-order valence-electron chi connectivity index (χ2n) is 25.0. The Morgan fingerprint density at radius 1 is 0.412 bits per heavy atom. The highest BCUT2D eigenvalue weighted by molar-refractivity contribution is 5.76.